The summed E-state index contributed by atoms with van der Waals surface area (Å²) < 4.78 is 52.4. The molecule has 4 fully saturated rings. The fourth-order valence-electron chi connectivity index (χ4n) is 8.26. The van der Waals surface area contributed by atoms with Crippen LogP contribution in [0.5, 0.6) is 0 Å². The van der Waals surface area contributed by atoms with Crippen molar-refractivity contribution in [2.45, 2.75) is 76.9 Å². The molecule has 1 N–H and O–H groups in total. The highest BCUT2D eigenvalue weighted by atomic mass is 32.2. The minimum atomic E-state index is -2.30. The second-order valence-corrected chi connectivity index (χ2v) is 12.9. The summed E-state index contributed by atoms with van der Waals surface area (Å²) in [5.74, 6) is -3.40. The van der Waals surface area contributed by atoms with E-state index in [1.165, 1.54) is 19.1 Å². The zero-order valence-electron chi connectivity index (χ0n) is 20.9. The maximum Gasteiger partial charge on any atom is 0.310 e. The van der Waals surface area contributed by atoms with Crippen LogP contribution in [0.15, 0.2) is 23.8 Å². The van der Waals surface area contributed by atoms with E-state index in [9.17, 15) is 23.9 Å². The fourth-order valence-corrected chi connectivity index (χ4v) is 9.05. The lowest BCUT2D eigenvalue weighted by atomic mass is 9.44. The van der Waals surface area contributed by atoms with Crippen molar-refractivity contribution in [1.82, 2.24) is 0 Å². The van der Waals surface area contributed by atoms with E-state index in [0.29, 0.717) is 18.2 Å². The van der Waals surface area contributed by atoms with Crippen molar-refractivity contribution in [3.8, 4) is 0 Å². The number of rotatable bonds is 4. The molecule has 0 saturated heterocycles. The SMILES string of the molecule is CC1CC1C(=O)O[C@]1(C(=O)SCF)[C@H](C)C[C@H]2[C@@H]3C[C@H](F)C4=CC(=O)C=C[C@]4(C)[C@@]3(F)[C@@H](O)C[C@@]21C. The Morgan fingerprint density at radius 3 is 2.47 bits per heavy atom. The number of carbonyl (C=O) groups is 3. The molecule has 4 saturated carbocycles. The molecule has 0 heterocycles. The molecule has 36 heavy (non-hydrogen) atoms. The summed E-state index contributed by atoms with van der Waals surface area (Å²) in [7, 11) is 0. The second-order valence-electron chi connectivity index (χ2n) is 12.0. The second kappa shape index (κ2) is 8.19. The standard InChI is InChI=1S/C27H33F3O5S/c1-13-7-16(13)22(33)35-27(23(34)36-12-28)14(2)8-17-18-10-20(29)19-9-15(31)5-6-24(19,3)26(18,30)21(32)11-25(17,27)4/h5-6,9,13-14,16-18,20-21,32H,7-8,10-12H2,1-4H3/t13?,14-,16?,17+,18+,20+,21+,24+,25+,26+,27+/m1/s1. The van der Waals surface area contributed by atoms with Crippen molar-refractivity contribution in [2.75, 3.05) is 6.01 Å². The van der Waals surface area contributed by atoms with Gasteiger partial charge >= 0.3 is 5.97 Å². The topological polar surface area (TPSA) is 80.7 Å². The van der Waals surface area contributed by atoms with E-state index in [1.54, 1.807) is 13.8 Å². The molecule has 198 valence electrons. The Balaban J connectivity index is 1.62. The van der Waals surface area contributed by atoms with E-state index in [2.05, 4.69) is 0 Å². The number of ketones is 1. The summed E-state index contributed by atoms with van der Waals surface area (Å²) >= 11 is 0.418. The molecule has 0 aromatic rings. The molecule has 5 aliphatic rings. The Morgan fingerprint density at radius 1 is 1.19 bits per heavy atom. The number of ether oxygens (including phenoxy) is 1. The number of esters is 1. The molecule has 0 bridgehead atoms. The van der Waals surface area contributed by atoms with Crippen LogP contribution in [0.25, 0.3) is 0 Å². The Bertz CT molecular complexity index is 1080. The molecule has 0 aliphatic heterocycles. The van der Waals surface area contributed by atoms with Gasteiger partial charge in [-0.15, -0.1) is 0 Å². The molecule has 5 nitrogen and oxygen atoms in total. The van der Waals surface area contributed by atoms with E-state index in [1.807, 2.05) is 6.92 Å². The molecular formula is C27H33F3O5S. The maximum absolute atomic E-state index is 17.3. The maximum atomic E-state index is 17.3. The zero-order chi connectivity index (χ0) is 26.4. The van der Waals surface area contributed by atoms with Crippen molar-refractivity contribution in [1.29, 1.82) is 0 Å². The molecular weight excluding hydrogens is 493 g/mol. The van der Waals surface area contributed by atoms with E-state index >= 15 is 8.78 Å². The van der Waals surface area contributed by atoms with Gasteiger partial charge in [0.15, 0.2) is 17.1 Å². The number of alkyl halides is 3. The lowest BCUT2D eigenvalue weighted by Gasteiger charge is -2.63. The van der Waals surface area contributed by atoms with Crippen molar-refractivity contribution < 1.29 is 37.4 Å². The van der Waals surface area contributed by atoms with Gasteiger partial charge in [0.2, 0.25) is 5.12 Å². The Hall–Kier alpha value is -1.61. The lowest BCUT2D eigenvalue weighted by Crippen LogP contribution is -2.70. The third-order valence-corrected chi connectivity index (χ3v) is 11.0. The highest BCUT2D eigenvalue weighted by molar-refractivity contribution is 8.13. The van der Waals surface area contributed by atoms with E-state index in [-0.39, 0.29) is 36.7 Å². The molecule has 9 heteroatoms. The quantitative estimate of drug-likeness (QED) is 0.536. The van der Waals surface area contributed by atoms with E-state index in [4.69, 9.17) is 4.74 Å². The van der Waals surface area contributed by atoms with E-state index in [0.717, 1.165) is 6.08 Å². The Kier molecular flexibility index (Phi) is 5.92. The number of fused-ring (bicyclic) bond motifs is 5. The lowest BCUT2D eigenvalue weighted by molar-refractivity contribution is -0.229. The van der Waals surface area contributed by atoms with Crippen LogP contribution >= 0.6 is 11.8 Å². The first kappa shape index (κ1) is 26.0. The average Bonchev–Trinajstić information content (AvgIpc) is 3.50. The van der Waals surface area contributed by atoms with Gasteiger partial charge in [-0.05, 0) is 73.9 Å². The molecule has 0 radical (unpaired) electrons. The van der Waals surface area contributed by atoms with Gasteiger partial charge < -0.3 is 9.84 Å². The summed E-state index contributed by atoms with van der Waals surface area (Å²) in [4.78, 5) is 38.7. The number of hydrogen-bond donors (Lipinski definition) is 1. The van der Waals surface area contributed by atoms with Crippen LogP contribution in [0.2, 0.25) is 0 Å². The van der Waals surface area contributed by atoms with Crippen molar-refractivity contribution in [2.24, 2.45) is 40.4 Å². The summed E-state index contributed by atoms with van der Waals surface area (Å²) in [5, 5.41) is 10.8. The van der Waals surface area contributed by atoms with E-state index < -0.39 is 75.0 Å². The van der Waals surface area contributed by atoms with Gasteiger partial charge in [0.25, 0.3) is 0 Å². The number of allylic oxidation sites excluding steroid dienone is 4. The van der Waals surface area contributed by atoms with Gasteiger partial charge in [-0.1, -0.05) is 26.8 Å². The van der Waals surface area contributed by atoms with Gasteiger partial charge in [0.05, 0.1) is 12.0 Å². The summed E-state index contributed by atoms with van der Waals surface area (Å²) in [6.45, 7) is 6.85. The third-order valence-electron chi connectivity index (χ3n) is 10.3. The normalized spacial score (nSPS) is 51.1. The predicted octanol–water partition coefficient (Wildman–Crippen LogP) is 4.68. The van der Waals surface area contributed by atoms with Gasteiger partial charge in [-0.25, -0.2) is 13.2 Å². The molecule has 0 amide bonds. The first-order valence-corrected chi connectivity index (χ1v) is 13.7. The monoisotopic (exact) mass is 526 g/mol. The highest BCUT2D eigenvalue weighted by Crippen LogP contribution is 2.72. The zero-order valence-corrected chi connectivity index (χ0v) is 21.7. The van der Waals surface area contributed by atoms with Crippen LogP contribution < -0.4 is 0 Å². The summed E-state index contributed by atoms with van der Waals surface area (Å²) in [5.41, 5.74) is -6.82. The van der Waals surface area contributed by atoms with Crippen LogP contribution in [0.3, 0.4) is 0 Å². The number of aliphatic hydroxyl groups is 1. The molecule has 11 atom stereocenters. The number of halogens is 3. The molecule has 5 aliphatic carbocycles. The van der Waals surface area contributed by atoms with Crippen molar-refractivity contribution in [3.63, 3.8) is 0 Å². The molecule has 0 spiro atoms. The minimum Gasteiger partial charge on any atom is -0.449 e. The number of thioether (sulfide) groups is 1. The fraction of sp³-hybridized carbons (Fsp3) is 0.741. The Labute approximate surface area is 213 Å². The molecule has 0 aromatic carbocycles. The van der Waals surface area contributed by atoms with Crippen LogP contribution in [0.4, 0.5) is 13.2 Å². The van der Waals surface area contributed by atoms with Gasteiger partial charge in [-0.2, -0.15) is 0 Å². The van der Waals surface area contributed by atoms with Crippen molar-refractivity contribution in [3.05, 3.63) is 23.8 Å². The smallest absolute Gasteiger partial charge is 0.310 e. The number of aliphatic hydroxyl groups excluding tert-OH is 1. The molecule has 5 rings (SSSR count). The largest absolute Gasteiger partial charge is 0.449 e. The van der Waals surface area contributed by atoms with Crippen LogP contribution in [0, 0.1) is 40.4 Å². The van der Waals surface area contributed by atoms with Gasteiger partial charge in [0, 0.05) is 22.7 Å². The number of carbonyl (C=O) groups excluding carboxylic acids is 3. The van der Waals surface area contributed by atoms with Gasteiger partial charge in [-0.3, -0.25) is 14.4 Å². The van der Waals surface area contributed by atoms with Gasteiger partial charge in [0.1, 0.15) is 12.2 Å². The van der Waals surface area contributed by atoms with Crippen molar-refractivity contribution >= 4 is 28.6 Å². The third kappa shape index (κ3) is 3.10. The average molecular weight is 527 g/mol. The summed E-state index contributed by atoms with van der Waals surface area (Å²) in [6, 6.07) is -1.01. The van der Waals surface area contributed by atoms with Crippen LogP contribution in [-0.4, -0.2) is 51.5 Å². The summed E-state index contributed by atoms with van der Waals surface area (Å²) in [6.07, 6.45) is 0.869. The molecule has 0 aromatic heterocycles. The minimum absolute atomic E-state index is 0.0203. The predicted molar refractivity (Wildman–Crippen MR) is 128 cm³/mol. The Morgan fingerprint density at radius 2 is 1.86 bits per heavy atom. The van der Waals surface area contributed by atoms with Crippen LogP contribution in [0.1, 0.15) is 53.4 Å². The van der Waals surface area contributed by atoms with Crippen LogP contribution in [-0.2, 0) is 19.1 Å². The first-order valence-electron chi connectivity index (χ1n) is 12.7. The number of hydrogen-bond acceptors (Lipinski definition) is 6. The first-order chi connectivity index (χ1) is 16.8. The highest BCUT2D eigenvalue weighted by Gasteiger charge is 2.78. The molecule has 2 unspecified atom stereocenters.